The van der Waals surface area contributed by atoms with Crippen molar-refractivity contribution < 1.29 is 9.47 Å². The zero-order valence-electron chi connectivity index (χ0n) is 17.6. The SMILES string of the molecule is CN=C(NCCCN1CCCCC1C)NCc1ccc(OCCOC)cc1.I. The number of piperidine rings is 1. The first-order chi connectivity index (χ1) is 13.2. The molecule has 1 aliphatic rings. The summed E-state index contributed by atoms with van der Waals surface area (Å²) in [4.78, 5) is 6.92. The van der Waals surface area contributed by atoms with Gasteiger partial charge in [-0.1, -0.05) is 18.6 Å². The minimum Gasteiger partial charge on any atom is -0.491 e. The number of aliphatic imine (C=N–C) groups is 1. The van der Waals surface area contributed by atoms with Crippen LogP contribution in [0.5, 0.6) is 5.75 Å². The minimum atomic E-state index is 0. The monoisotopic (exact) mass is 504 g/mol. The molecule has 0 saturated carbocycles. The molecule has 28 heavy (non-hydrogen) atoms. The molecule has 0 amide bonds. The van der Waals surface area contributed by atoms with Crippen molar-refractivity contribution in [1.82, 2.24) is 15.5 Å². The standard InChI is InChI=1S/C21H36N4O2.HI/c1-18-7-4-5-13-25(18)14-6-12-23-21(22-2)24-17-19-8-10-20(11-9-19)27-16-15-26-3;/h8-11,18H,4-7,12-17H2,1-3H3,(H2,22,23,24);1H. The fourth-order valence-electron chi connectivity index (χ4n) is 3.33. The first-order valence-corrected chi connectivity index (χ1v) is 10.1. The van der Waals surface area contributed by atoms with E-state index in [0.29, 0.717) is 13.2 Å². The van der Waals surface area contributed by atoms with Crippen LogP contribution in [0.3, 0.4) is 0 Å². The van der Waals surface area contributed by atoms with Crippen LogP contribution in [0.2, 0.25) is 0 Å². The van der Waals surface area contributed by atoms with Gasteiger partial charge in [-0.05, 0) is 50.4 Å². The number of rotatable bonds is 10. The first-order valence-electron chi connectivity index (χ1n) is 10.1. The maximum atomic E-state index is 5.59. The van der Waals surface area contributed by atoms with Gasteiger partial charge in [0, 0.05) is 39.8 Å². The van der Waals surface area contributed by atoms with Crippen LogP contribution < -0.4 is 15.4 Å². The molecular weight excluding hydrogens is 467 g/mol. The molecule has 1 heterocycles. The lowest BCUT2D eigenvalue weighted by Crippen LogP contribution is -2.41. The van der Waals surface area contributed by atoms with Gasteiger partial charge in [0.15, 0.2) is 5.96 Å². The topological polar surface area (TPSA) is 58.1 Å². The molecule has 2 N–H and O–H groups in total. The average molecular weight is 504 g/mol. The van der Waals surface area contributed by atoms with E-state index in [2.05, 4.69) is 39.6 Å². The van der Waals surface area contributed by atoms with Crippen molar-refractivity contribution in [3.8, 4) is 5.75 Å². The number of ether oxygens (including phenoxy) is 2. The molecule has 1 unspecified atom stereocenters. The second kappa shape index (κ2) is 14.9. The number of hydrogen-bond donors (Lipinski definition) is 2. The second-order valence-electron chi connectivity index (χ2n) is 7.07. The van der Waals surface area contributed by atoms with E-state index < -0.39 is 0 Å². The van der Waals surface area contributed by atoms with E-state index in [1.165, 1.54) is 31.4 Å². The summed E-state index contributed by atoms with van der Waals surface area (Å²) in [7, 11) is 3.49. The van der Waals surface area contributed by atoms with Gasteiger partial charge in [0.1, 0.15) is 12.4 Å². The molecule has 1 aromatic rings. The molecule has 7 heteroatoms. The Balaban J connectivity index is 0.00000392. The molecule has 160 valence electrons. The maximum Gasteiger partial charge on any atom is 0.191 e. The molecule has 2 rings (SSSR count). The van der Waals surface area contributed by atoms with Crippen molar-refractivity contribution in [2.24, 2.45) is 4.99 Å². The Morgan fingerprint density at radius 3 is 2.64 bits per heavy atom. The Kier molecular flexibility index (Phi) is 13.3. The lowest BCUT2D eigenvalue weighted by atomic mass is 10.0. The van der Waals surface area contributed by atoms with Gasteiger partial charge in [-0.25, -0.2) is 0 Å². The third-order valence-electron chi connectivity index (χ3n) is 5.02. The number of likely N-dealkylation sites (tertiary alicyclic amines) is 1. The second-order valence-corrected chi connectivity index (χ2v) is 7.07. The van der Waals surface area contributed by atoms with Crippen molar-refractivity contribution in [2.75, 3.05) is 47.0 Å². The van der Waals surface area contributed by atoms with Gasteiger partial charge in [-0.15, -0.1) is 24.0 Å². The van der Waals surface area contributed by atoms with E-state index in [9.17, 15) is 0 Å². The average Bonchev–Trinajstić information content (AvgIpc) is 2.70. The molecule has 1 saturated heterocycles. The summed E-state index contributed by atoms with van der Waals surface area (Å²) in [6.07, 6.45) is 5.20. The Hall–Kier alpha value is -1.06. The molecule has 0 bridgehead atoms. The van der Waals surface area contributed by atoms with Gasteiger partial charge in [0.25, 0.3) is 0 Å². The zero-order valence-corrected chi connectivity index (χ0v) is 19.9. The highest BCUT2D eigenvalue weighted by Crippen LogP contribution is 2.16. The Labute approximate surface area is 187 Å². The highest BCUT2D eigenvalue weighted by Gasteiger charge is 2.17. The molecule has 0 radical (unpaired) electrons. The summed E-state index contributed by atoms with van der Waals surface area (Å²) in [6.45, 7) is 7.61. The number of guanidine groups is 1. The fourth-order valence-corrected chi connectivity index (χ4v) is 3.33. The fraction of sp³-hybridized carbons (Fsp3) is 0.667. The molecule has 0 spiro atoms. The van der Waals surface area contributed by atoms with E-state index in [4.69, 9.17) is 9.47 Å². The van der Waals surface area contributed by atoms with Gasteiger partial charge < -0.3 is 25.0 Å². The highest BCUT2D eigenvalue weighted by atomic mass is 127. The molecule has 0 aromatic heterocycles. The van der Waals surface area contributed by atoms with Gasteiger partial charge in [-0.2, -0.15) is 0 Å². The third kappa shape index (κ3) is 9.43. The van der Waals surface area contributed by atoms with Crippen LogP contribution >= 0.6 is 24.0 Å². The van der Waals surface area contributed by atoms with Crippen LogP contribution in [-0.4, -0.2) is 63.9 Å². The lowest BCUT2D eigenvalue weighted by molar-refractivity contribution is 0.146. The predicted molar refractivity (Wildman–Crippen MR) is 127 cm³/mol. The maximum absolute atomic E-state index is 5.59. The highest BCUT2D eigenvalue weighted by molar-refractivity contribution is 14.0. The zero-order chi connectivity index (χ0) is 19.3. The Morgan fingerprint density at radius 1 is 1.18 bits per heavy atom. The Morgan fingerprint density at radius 2 is 1.96 bits per heavy atom. The van der Waals surface area contributed by atoms with Gasteiger partial charge in [0.05, 0.1) is 6.61 Å². The molecule has 1 atom stereocenters. The molecule has 6 nitrogen and oxygen atoms in total. The largest absolute Gasteiger partial charge is 0.491 e. The van der Waals surface area contributed by atoms with Crippen LogP contribution in [0.1, 0.15) is 38.2 Å². The molecular formula is C21H37IN4O2. The van der Waals surface area contributed by atoms with Crippen LogP contribution in [0, 0.1) is 0 Å². The summed E-state index contributed by atoms with van der Waals surface area (Å²) < 4.78 is 10.6. The van der Waals surface area contributed by atoms with Crippen molar-refractivity contribution in [1.29, 1.82) is 0 Å². The van der Waals surface area contributed by atoms with Crippen LogP contribution in [0.4, 0.5) is 0 Å². The predicted octanol–water partition coefficient (Wildman–Crippen LogP) is 3.26. The number of nitrogens with zero attached hydrogens (tertiary/aromatic N) is 2. The number of methoxy groups -OCH3 is 1. The summed E-state index contributed by atoms with van der Waals surface area (Å²) in [6, 6.07) is 8.85. The van der Waals surface area contributed by atoms with Crippen molar-refractivity contribution in [3.63, 3.8) is 0 Å². The van der Waals surface area contributed by atoms with Gasteiger partial charge in [0.2, 0.25) is 0 Å². The molecule has 1 aliphatic heterocycles. The van der Waals surface area contributed by atoms with E-state index in [1.54, 1.807) is 7.11 Å². The van der Waals surface area contributed by atoms with Crippen LogP contribution in [0.15, 0.2) is 29.3 Å². The van der Waals surface area contributed by atoms with Gasteiger partial charge in [-0.3, -0.25) is 4.99 Å². The lowest BCUT2D eigenvalue weighted by Gasteiger charge is -2.33. The van der Waals surface area contributed by atoms with E-state index in [0.717, 1.165) is 43.8 Å². The van der Waals surface area contributed by atoms with Crippen LogP contribution in [0.25, 0.3) is 0 Å². The summed E-state index contributed by atoms with van der Waals surface area (Å²) in [5.41, 5.74) is 1.19. The van der Waals surface area contributed by atoms with Gasteiger partial charge >= 0.3 is 0 Å². The van der Waals surface area contributed by atoms with Crippen LogP contribution in [-0.2, 0) is 11.3 Å². The summed E-state index contributed by atoms with van der Waals surface area (Å²) in [5.74, 6) is 1.72. The first kappa shape index (κ1) is 25.0. The molecule has 1 aromatic carbocycles. The quantitative estimate of drug-likeness (QED) is 0.222. The summed E-state index contributed by atoms with van der Waals surface area (Å²) in [5, 5.41) is 6.78. The normalized spacial score (nSPS) is 17.7. The smallest absolute Gasteiger partial charge is 0.191 e. The number of nitrogens with one attached hydrogen (secondary N) is 2. The number of hydrogen-bond acceptors (Lipinski definition) is 4. The van der Waals surface area contributed by atoms with E-state index in [1.807, 2.05) is 19.2 Å². The minimum absolute atomic E-state index is 0. The van der Waals surface area contributed by atoms with E-state index >= 15 is 0 Å². The number of halogens is 1. The Bertz CT molecular complexity index is 554. The number of benzene rings is 1. The van der Waals surface area contributed by atoms with Crippen molar-refractivity contribution in [2.45, 2.75) is 45.2 Å². The van der Waals surface area contributed by atoms with E-state index in [-0.39, 0.29) is 24.0 Å². The third-order valence-corrected chi connectivity index (χ3v) is 5.02. The summed E-state index contributed by atoms with van der Waals surface area (Å²) >= 11 is 0. The van der Waals surface area contributed by atoms with Crippen molar-refractivity contribution in [3.05, 3.63) is 29.8 Å². The van der Waals surface area contributed by atoms with Crippen molar-refractivity contribution >= 4 is 29.9 Å². The molecule has 1 fully saturated rings. The molecule has 0 aliphatic carbocycles.